The molecule has 0 unspecified atom stereocenters. The number of carbonyl (C=O) groups is 1. The molecular weight excluding hydrogens is 335 g/mol. The maximum Gasteiger partial charge on any atom is 0.410 e. The average molecular weight is 361 g/mol. The van der Waals surface area contributed by atoms with Crippen molar-refractivity contribution in [2.75, 3.05) is 18.4 Å². The highest BCUT2D eigenvalue weighted by Gasteiger charge is 2.30. The number of carbonyl (C=O) groups excluding carboxylic acids is 1. The van der Waals surface area contributed by atoms with Gasteiger partial charge in [0.1, 0.15) is 5.60 Å². The lowest BCUT2D eigenvalue weighted by Gasteiger charge is -2.37. The summed E-state index contributed by atoms with van der Waals surface area (Å²) in [5.74, 6) is 0. The van der Waals surface area contributed by atoms with E-state index in [9.17, 15) is 4.79 Å². The molecule has 4 nitrogen and oxygen atoms in total. The van der Waals surface area contributed by atoms with Crippen molar-refractivity contribution in [1.29, 1.82) is 0 Å². The lowest BCUT2D eigenvalue weighted by molar-refractivity contribution is 0.00749. The van der Waals surface area contributed by atoms with Gasteiger partial charge in [-0.15, -0.1) is 0 Å². The number of rotatable bonds is 4. The van der Waals surface area contributed by atoms with Crippen LogP contribution in [0.25, 0.3) is 0 Å². The zero-order valence-corrected chi connectivity index (χ0v) is 16.2. The molecule has 1 aromatic rings. The van der Waals surface area contributed by atoms with Crippen LogP contribution in [-0.4, -0.2) is 35.2 Å². The van der Waals surface area contributed by atoms with Crippen LogP contribution in [0.2, 0.25) is 10.0 Å². The Balaban J connectivity index is 2.72. The van der Waals surface area contributed by atoms with Crippen molar-refractivity contribution in [2.24, 2.45) is 0 Å². The quantitative estimate of drug-likeness (QED) is 0.776. The first-order chi connectivity index (χ1) is 10.4. The molecule has 1 aromatic carbocycles. The summed E-state index contributed by atoms with van der Waals surface area (Å²) in [6, 6.07) is 5.23. The minimum atomic E-state index is -0.524. The van der Waals surface area contributed by atoms with Crippen LogP contribution in [0, 0.1) is 0 Å². The number of hydrogen-bond acceptors (Lipinski definition) is 3. The van der Waals surface area contributed by atoms with Crippen LogP contribution in [0.5, 0.6) is 0 Å². The Kier molecular flexibility index (Phi) is 6.60. The summed E-state index contributed by atoms with van der Waals surface area (Å²) in [5, 5.41) is 4.41. The number of amides is 1. The van der Waals surface area contributed by atoms with Crippen molar-refractivity contribution in [2.45, 2.75) is 52.7 Å². The van der Waals surface area contributed by atoms with Crippen LogP contribution in [0.3, 0.4) is 0 Å². The van der Waals surface area contributed by atoms with Crippen LogP contribution < -0.4 is 5.32 Å². The summed E-state index contributed by atoms with van der Waals surface area (Å²) >= 11 is 12.1. The number of hydrogen-bond donors (Lipinski definition) is 1. The van der Waals surface area contributed by atoms with Gasteiger partial charge in [-0.05, 0) is 59.7 Å². The van der Waals surface area contributed by atoms with E-state index in [1.165, 1.54) is 0 Å². The summed E-state index contributed by atoms with van der Waals surface area (Å²) in [7, 11) is 0. The van der Waals surface area contributed by atoms with E-state index in [4.69, 9.17) is 27.9 Å². The van der Waals surface area contributed by atoms with Gasteiger partial charge in [-0.2, -0.15) is 0 Å². The third kappa shape index (κ3) is 6.88. The first kappa shape index (κ1) is 19.9. The number of nitrogens with one attached hydrogen (secondary N) is 1. The Morgan fingerprint density at radius 3 is 2.30 bits per heavy atom. The standard InChI is InChI=1S/C17H26Cl2N2O2/c1-16(2,3)21(15(22)23-17(4,5)6)10-9-20-14-11-12(18)7-8-13(14)19/h7-8,11,20H,9-10H2,1-6H3. The zero-order chi connectivity index (χ0) is 17.8. The molecule has 1 rings (SSSR count). The summed E-state index contributed by atoms with van der Waals surface area (Å²) in [4.78, 5) is 14.1. The van der Waals surface area contributed by atoms with Crippen molar-refractivity contribution in [3.63, 3.8) is 0 Å². The fourth-order valence-electron chi connectivity index (χ4n) is 1.95. The second-order valence-electron chi connectivity index (χ2n) is 7.35. The number of benzene rings is 1. The molecule has 0 aliphatic heterocycles. The Morgan fingerprint density at radius 1 is 1.17 bits per heavy atom. The van der Waals surface area contributed by atoms with Crippen LogP contribution in [0.1, 0.15) is 41.5 Å². The lowest BCUT2D eigenvalue weighted by Crippen LogP contribution is -2.49. The van der Waals surface area contributed by atoms with Gasteiger partial charge in [0, 0.05) is 23.7 Å². The molecule has 0 saturated carbocycles. The summed E-state index contributed by atoms with van der Waals surface area (Å²) in [6.45, 7) is 12.5. The third-order valence-electron chi connectivity index (χ3n) is 3.00. The average Bonchev–Trinajstić information content (AvgIpc) is 2.34. The maximum atomic E-state index is 12.4. The van der Waals surface area contributed by atoms with Gasteiger partial charge in [-0.1, -0.05) is 23.2 Å². The Morgan fingerprint density at radius 2 is 1.78 bits per heavy atom. The van der Waals surface area contributed by atoms with Crippen molar-refractivity contribution in [3.8, 4) is 0 Å². The highest BCUT2D eigenvalue weighted by Crippen LogP contribution is 2.25. The predicted molar refractivity (Wildman–Crippen MR) is 97.6 cm³/mol. The van der Waals surface area contributed by atoms with Crippen LogP contribution in [-0.2, 0) is 4.74 Å². The van der Waals surface area contributed by atoms with Gasteiger partial charge in [0.15, 0.2) is 0 Å². The van der Waals surface area contributed by atoms with Gasteiger partial charge in [0.25, 0.3) is 0 Å². The molecule has 0 fully saturated rings. The molecule has 23 heavy (non-hydrogen) atoms. The third-order valence-corrected chi connectivity index (χ3v) is 3.57. The van der Waals surface area contributed by atoms with Crippen LogP contribution in [0.15, 0.2) is 18.2 Å². The van der Waals surface area contributed by atoms with Crippen LogP contribution in [0.4, 0.5) is 10.5 Å². The monoisotopic (exact) mass is 360 g/mol. The van der Waals surface area contributed by atoms with E-state index in [0.717, 1.165) is 5.69 Å². The number of halogens is 2. The normalized spacial score (nSPS) is 12.0. The molecule has 0 saturated heterocycles. The largest absolute Gasteiger partial charge is 0.444 e. The molecule has 0 heterocycles. The molecule has 0 atom stereocenters. The smallest absolute Gasteiger partial charge is 0.410 e. The molecule has 0 bridgehead atoms. The minimum Gasteiger partial charge on any atom is -0.444 e. The molecular formula is C17H26Cl2N2O2. The van der Waals surface area contributed by atoms with E-state index in [0.29, 0.717) is 23.1 Å². The fraction of sp³-hybridized carbons (Fsp3) is 0.588. The van der Waals surface area contributed by atoms with Crippen LogP contribution >= 0.6 is 23.2 Å². The molecule has 1 N–H and O–H groups in total. The highest BCUT2D eigenvalue weighted by atomic mass is 35.5. The van der Waals surface area contributed by atoms with Gasteiger partial charge in [0.05, 0.1) is 10.7 Å². The van der Waals surface area contributed by atoms with Gasteiger partial charge >= 0.3 is 6.09 Å². The van der Waals surface area contributed by atoms with Gasteiger partial charge in [-0.25, -0.2) is 4.79 Å². The van der Waals surface area contributed by atoms with Crippen molar-refractivity contribution in [1.82, 2.24) is 4.90 Å². The Labute approximate surface area is 149 Å². The molecule has 0 spiro atoms. The van der Waals surface area contributed by atoms with Gasteiger partial charge in [-0.3, -0.25) is 0 Å². The topological polar surface area (TPSA) is 41.6 Å². The Hall–Kier alpha value is -1.13. The van der Waals surface area contributed by atoms with Crippen molar-refractivity contribution >= 4 is 35.0 Å². The minimum absolute atomic E-state index is 0.330. The molecule has 0 aromatic heterocycles. The van der Waals surface area contributed by atoms with E-state index in [1.807, 2.05) is 41.5 Å². The fourth-order valence-corrected chi connectivity index (χ4v) is 2.31. The first-order valence-electron chi connectivity index (χ1n) is 7.60. The molecule has 1 amide bonds. The van der Waals surface area contributed by atoms with Crippen molar-refractivity contribution in [3.05, 3.63) is 28.2 Å². The number of anilines is 1. The molecule has 0 aliphatic rings. The summed E-state index contributed by atoms with van der Waals surface area (Å²) < 4.78 is 5.48. The second kappa shape index (κ2) is 7.63. The van der Waals surface area contributed by atoms with Crippen molar-refractivity contribution < 1.29 is 9.53 Å². The zero-order valence-electron chi connectivity index (χ0n) is 14.7. The molecule has 6 heteroatoms. The van der Waals surface area contributed by atoms with E-state index < -0.39 is 5.60 Å². The highest BCUT2D eigenvalue weighted by molar-refractivity contribution is 6.35. The number of ether oxygens (including phenoxy) is 1. The summed E-state index contributed by atoms with van der Waals surface area (Å²) in [6.07, 6.45) is -0.330. The van der Waals surface area contributed by atoms with E-state index in [1.54, 1.807) is 23.1 Å². The maximum absolute atomic E-state index is 12.4. The lowest BCUT2D eigenvalue weighted by atomic mass is 10.1. The second-order valence-corrected chi connectivity index (χ2v) is 8.20. The summed E-state index contributed by atoms with van der Waals surface area (Å²) in [5.41, 5.74) is -0.121. The molecule has 0 aliphatic carbocycles. The van der Waals surface area contributed by atoms with Gasteiger partial charge in [0.2, 0.25) is 0 Å². The molecule has 0 radical (unpaired) electrons. The molecule has 130 valence electrons. The van der Waals surface area contributed by atoms with E-state index in [-0.39, 0.29) is 11.6 Å². The van der Waals surface area contributed by atoms with E-state index in [2.05, 4.69) is 5.32 Å². The SMILES string of the molecule is CC(C)(C)OC(=O)N(CCNc1cc(Cl)ccc1Cl)C(C)(C)C. The van der Waals surface area contributed by atoms with Gasteiger partial charge < -0.3 is 15.0 Å². The Bertz CT molecular complexity index is 549. The number of nitrogens with zero attached hydrogens (tertiary/aromatic N) is 1. The van der Waals surface area contributed by atoms with E-state index >= 15 is 0 Å². The predicted octanol–water partition coefficient (Wildman–Crippen LogP) is 5.44. The first-order valence-corrected chi connectivity index (χ1v) is 8.35.